The molecule has 0 spiro atoms. The van der Waals surface area contributed by atoms with Crippen molar-refractivity contribution in [3.63, 3.8) is 0 Å². The molecule has 0 amide bonds. The Hall–Kier alpha value is -1.26. The Labute approximate surface area is 131 Å². The largest absolute Gasteiger partial charge is 0.316 e. The van der Waals surface area contributed by atoms with Gasteiger partial charge in [0.15, 0.2) is 0 Å². The Morgan fingerprint density at radius 3 is 2.52 bits per heavy atom. The van der Waals surface area contributed by atoms with Gasteiger partial charge in [-0.25, -0.2) is 8.78 Å². The molecule has 2 unspecified atom stereocenters. The van der Waals surface area contributed by atoms with Crippen LogP contribution in [0, 0.1) is 11.6 Å². The van der Waals surface area contributed by atoms with E-state index in [0.717, 1.165) is 35.1 Å². The molecule has 1 fully saturated rings. The molecule has 4 heteroatoms. The maximum Gasteiger partial charge on any atom is 0.126 e. The van der Waals surface area contributed by atoms with Gasteiger partial charge in [-0.05, 0) is 60.3 Å². The predicted molar refractivity (Wildman–Crippen MR) is 83.5 cm³/mol. The van der Waals surface area contributed by atoms with Crippen molar-refractivity contribution < 1.29 is 8.78 Å². The second kappa shape index (κ2) is 6.24. The van der Waals surface area contributed by atoms with E-state index in [9.17, 15) is 8.78 Å². The molecule has 3 rings (SSSR count). The summed E-state index contributed by atoms with van der Waals surface area (Å²) in [5, 5.41) is 3.35. The lowest BCUT2D eigenvalue weighted by Crippen LogP contribution is -2.34. The number of piperidine rings is 1. The Kier molecular flexibility index (Phi) is 4.36. The van der Waals surface area contributed by atoms with Crippen molar-refractivity contribution in [2.75, 3.05) is 13.1 Å². The summed E-state index contributed by atoms with van der Waals surface area (Å²) in [5.41, 5.74) is 1.79. The summed E-state index contributed by atoms with van der Waals surface area (Å²) in [4.78, 5) is 0. The molecule has 2 aromatic rings. The highest BCUT2D eigenvalue weighted by atomic mass is 79.9. The zero-order chi connectivity index (χ0) is 14.8. The van der Waals surface area contributed by atoms with E-state index in [1.807, 2.05) is 6.07 Å². The van der Waals surface area contributed by atoms with Gasteiger partial charge in [-0.15, -0.1) is 0 Å². The van der Waals surface area contributed by atoms with Crippen LogP contribution >= 0.6 is 15.9 Å². The first-order valence-electron chi connectivity index (χ1n) is 7.06. The molecule has 110 valence electrons. The number of halogens is 3. The van der Waals surface area contributed by atoms with Gasteiger partial charge in [0.1, 0.15) is 11.6 Å². The molecule has 0 aromatic heterocycles. The first-order valence-corrected chi connectivity index (χ1v) is 7.85. The summed E-state index contributed by atoms with van der Waals surface area (Å²) in [6.45, 7) is 1.65. The molecule has 1 aliphatic rings. The molecule has 1 aliphatic heterocycles. The quantitative estimate of drug-likeness (QED) is 0.834. The Morgan fingerprint density at radius 2 is 1.76 bits per heavy atom. The van der Waals surface area contributed by atoms with Crippen molar-refractivity contribution >= 4 is 15.9 Å². The minimum atomic E-state index is -0.243. The Morgan fingerprint density at radius 1 is 1.00 bits per heavy atom. The summed E-state index contributed by atoms with van der Waals surface area (Å²) < 4.78 is 28.2. The molecule has 0 saturated carbocycles. The van der Waals surface area contributed by atoms with E-state index in [1.165, 1.54) is 18.2 Å². The SMILES string of the molecule is Fc1ccc(C2CNCCC2c2cc(Br)ccc2F)cc1. The molecule has 1 saturated heterocycles. The molecule has 1 nitrogen and oxygen atoms in total. The van der Waals surface area contributed by atoms with Crippen molar-refractivity contribution in [1.82, 2.24) is 5.32 Å². The van der Waals surface area contributed by atoms with E-state index < -0.39 is 0 Å². The fourth-order valence-electron chi connectivity index (χ4n) is 3.09. The van der Waals surface area contributed by atoms with Crippen molar-refractivity contribution in [2.24, 2.45) is 0 Å². The molecule has 1 N–H and O–H groups in total. The van der Waals surface area contributed by atoms with Crippen molar-refractivity contribution in [2.45, 2.75) is 18.3 Å². The van der Waals surface area contributed by atoms with E-state index in [0.29, 0.717) is 0 Å². The van der Waals surface area contributed by atoms with Gasteiger partial charge in [0, 0.05) is 16.9 Å². The highest BCUT2D eigenvalue weighted by Gasteiger charge is 2.29. The van der Waals surface area contributed by atoms with Gasteiger partial charge < -0.3 is 5.32 Å². The summed E-state index contributed by atoms with van der Waals surface area (Å²) >= 11 is 3.42. The van der Waals surface area contributed by atoms with Crippen LogP contribution in [0.1, 0.15) is 29.4 Å². The van der Waals surface area contributed by atoms with Crippen LogP contribution in [-0.4, -0.2) is 13.1 Å². The average molecular weight is 352 g/mol. The fourth-order valence-corrected chi connectivity index (χ4v) is 3.47. The molecule has 0 radical (unpaired) electrons. The van der Waals surface area contributed by atoms with Gasteiger partial charge in [0.25, 0.3) is 0 Å². The standard InChI is InChI=1S/C17H16BrF2N/c18-12-3-6-17(20)15(9-12)14-7-8-21-10-16(14)11-1-4-13(19)5-2-11/h1-6,9,14,16,21H,7-8,10H2. The van der Waals surface area contributed by atoms with Crippen molar-refractivity contribution in [3.8, 4) is 0 Å². The van der Waals surface area contributed by atoms with Crippen molar-refractivity contribution in [3.05, 3.63) is 69.7 Å². The minimum Gasteiger partial charge on any atom is -0.316 e. The van der Waals surface area contributed by atoms with E-state index in [4.69, 9.17) is 0 Å². The topological polar surface area (TPSA) is 12.0 Å². The number of hydrogen-bond donors (Lipinski definition) is 1. The van der Waals surface area contributed by atoms with Gasteiger partial charge >= 0.3 is 0 Å². The Bertz CT molecular complexity index is 627. The first kappa shape index (κ1) is 14.7. The number of rotatable bonds is 2. The Balaban J connectivity index is 1.98. The molecule has 21 heavy (non-hydrogen) atoms. The number of benzene rings is 2. The van der Waals surface area contributed by atoms with Gasteiger partial charge in [0.05, 0.1) is 0 Å². The summed E-state index contributed by atoms with van der Waals surface area (Å²) in [6.07, 6.45) is 0.870. The van der Waals surface area contributed by atoms with Crippen LogP contribution in [0.2, 0.25) is 0 Å². The third kappa shape index (κ3) is 3.16. The lowest BCUT2D eigenvalue weighted by atomic mass is 9.77. The van der Waals surface area contributed by atoms with Gasteiger partial charge in [-0.2, -0.15) is 0 Å². The van der Waals surface area contributed by atoms with Crippen LogP contribution < -0.4 is 5.32 Å². The highest BCUT2D eigenvalue weighted by Crippen LogP contribution is 2.39. The van der Waals surface area contributed by atoms with E-state index in [1.54, 1.807) is 18.2 Å². The summed E-state index contributed by atoms with van der Waals surface area (Å²) in [5.74, 6) is -0.151. The third-order valence-corrected chi connectivity index (χ3v) is 4.63. The number of nitrogens with one attached hydrogen (secondary N) is 1. The van der Waals surface area contributed by atoms with E-state index in [-0.39, 0.29) is 23.5 Å². The van der Waals surface area contributed by atoms with Crippen LogP contribution in [0.25, 0.3) is 0 Å². The van der Waals surface area contributed by atoms with Crippen molar-refractivity contribution in [1.29, 1.82) is 0 Å². The molecule has 2 atom stereocenters. The molecular formula is C17H16BrF2N. The normalized spacial score (nSPS) is 22.2. The zero-order valence-electron chi connectivity index (χ0n) is 11.5. The minimum absolute atomic E-state index is 0.106. The summed E-state index contributed by atoms with van der Waals surface area (Å²) in [6, 6.07) is 11.6. The molecule has 2 aromatic carbocycles. The average Bonchev–Trinajstić information content (AvgIpc) is 2.51. The van der Waals surface area contributed by atoms with Crippen LogP contribution in [0.15, 0.2) is 46.9 Å². The molecular weight excluding hydrogens is 336 g/mol. The fraction of sp³-hybridized carbons (Fsp3) is 0.294. The van der Waals surface area contributed by atoms with Crippen LogP contribution in [0.3, 0.4) is 0 Å². The molecule has 0 bridgehead atoms. The van der Waals surface area contributed by atoms with Crippen LogP contribution in [0.5, 0.6) is 0 Å². The van der Waals surface area contributed by atoms with Crippen LogP contribution in [-0.2, 0) is 0 Å². The second-order valence-electron chi connectivity index (χ2n) is 5.42. The lowest BCUT2D eigenvalue weighted by molar-refractivity contribution is 0.393. The zero-order valence-corrected chi connectivity index (χ0v) is 13.0. The maximum atomic E-state index is 14.2. The van der Waals surface area contributed by atoms with E-state index >= 15 is 0 Å². The van der Waals surface area contributed by atoms with E-state index in [2.05, 4.69) is 21.2 Å². The monoisotopic (exact) mass is 351 g/mol. The third-order valence-electron chi connectivity index (χ3n) is 4.14. The summed E-state index contributed by atoms with van der Waals surface area (Å²) in [7, 11) is 0. The van der Waals surface area contributed by atoms with Crippen LogP contribution in [0.4, 0.5) is 8.78 Å². The molecule has 0 aliphatic carbocycles. The van der Waals surface area contributed by atoms with Gasteiger partial charge in [0.2, 0.25) is 0 Å². The number of hydrogen-bond acceptors (Lipinski definition) is 1. The highest BCUT2D eigenvalue weighted by molar-refractivity contribution is 9.10. The first-order chi connectivity index (χ1) is 10.1. The van der Waals surface area contributed by atoms with Gasteiger partial charge in [-0.3, -0.25) is 0 Å². The molecule has 1 heterocycles. The predicted octanol–water partition coefficient (Wildman–Crippen LogP) is 4.59. The second-order valence-corrected chi connectivity index (χ2v) is 6.34. The van der Waals surface area contributed by atoms with Gasteiger partial charge in [-0.1, -0.05) is 28.1 Å². The maximum absolute atomic E-state index is 14.2. The lowest BCUT2D eigenvalue weighted by Gasteiger charge is -2.33. The smallest absolute Gasteiger partial charge is 0.126 e.